The quantitative estimate of drug-likeness (QED) is 0.819. The maximum atomic E-state index is 12.1. The molecule has 17 heavy (non-hydrogen) atoms. The van der Waals surface area contributed by atoms with Crippen LogP contribution < -0.4 is 10.5 Å². The second-order valence-electron chi connectivity index (χ2n) is 4.39. The van der Waals surface area contributed by atoms with Gasteiger partial charge in [0.2, 0.25) is 10.0 Å². The zero-order valence-electron chi connectivity index (χ0n) is 10.6. The Bertz CT molecular complexity index is 478. The molecule has 0 aliphatic carbocycles. The standard InChI is InChI=1S/C10H20N4O2S/c1-5-14-6-9(10(11)12-14)17(15,16)13-8(4)7(2)3/h6-8,13H,5H2,1-4H3,(H2,11,12). The van der Waals surface area contributed by atoms with Crippen molar-refractivity contribution < 1.29 is 8.42 Å². The Balaban J connectivity index is 3.01. The van der Waals surface area contributed by atoms with Gasteiger partial charge in [-0.1, -0.05) is 13.8 Å². The van der Waals surface area contributed by atoms with Crippen molar-refractivity contribution in [3.63, 3.8) is 0 Å². The summed E-state index contributed by atoms with van der Waals surface area (Å²) in [6, 6.07) is -0.149. The summed E-state index contributed by atoms with van der Waals surface area (Å²) in [5.74, 6) is 0.252. The SMILES string of the molecule is CCn1cc(S(=O)(=O)NC(C)C(C)C)c(N)n1. The average molecular weight is 260 g/mol. The molecule has 3 N–H and O–H groups in total. The van der Waals surface area contributed by atoms with Crippen molar-refractivity contribution in [3.8, 4) is 0 Å². The van der Waals surface area contributed by atoms with E-state index in [4.69, 9.17) is 5.73 Å². The average Bonchev–Trinajstić information content (AvgIpc) is 2.59. The molecule has 98 valence electrons. The number of anilines is 1. The zero-order valence-corrected chi connectivity index (χ0v) is 11.5. The molecule has 0 aliphatic rings. The van der Waals surface area contributed by atoms with E-state index in [1.54, 1.807) is 0 Å². The van der Waals surface area contributed by atoms with Gasteiger partial charge < -0.3 is 5.73 Å². The van der Waals surface area contributed by atoms with Crippen LogP contribution in [-0.2, 0) is 16.6 Å². The number of hydrogen-bond acceptors (Lipinski definition) is 4. The molecule has 1 aromatic heterocycles. The molecule has 0 saturated carbocycles. The van der Waals surface area contributed by atoms with E-state index in [1.807, 2.05) is 27.7 Å². The van der Waals surface area contributed by atoms with Gasteiger partial charge in [0.15, 0.2) is 5.82 Å². The lowest BCUT2D eigenvalue weighted by molar-refractivity contribution is 0.476. The van der Waals surface area contributed by atoms with Crippen molar-refractivity contribution in [2.45, 2.75) is 45.2 Å². The number of aryl methyl sites for hydroxylation is 1. The Hall–Kier alpha value is -1.08. The third-order valence-electron chi connectivity index (χ3n) is 2.71. The van der Waals surface area contributed by atoms with Gasteiger partial charge in [-0.05, 0) is 19.8 Å². The van der Waals surface area contributed by atoms with Crippen molar-refractivity contribution in [1.29, 1.82) is 0 Å². The third kappa shape index (κ3) is 3.19. The lowest BCUT2D eigenvalue weighted by atomic mass is 10.1. The summed E-state index contributed by atoms with van der Waals surface area (Å²) < 4.78 is 28.2. The molecule has 1 rings (SSSR count). The normalized spacial score (nSPS) is 14.2. The van der Waals surface area contributed by atoms with Gasteiger partial charge in [-0.25, -0.2) is 13.1 Å². The molecule has 0 radical (unpaired) electrons. The van der Waals surface area contributed by atoms with E-state index in [2.05, 4.69) is 9.82 Å². The van der Waals surface area contributed by atoms with E-state index in [-0.39, 0.29) is 22.7 Å². The Labute approximate surface area is 102 Å². The number of aromatic nitrogens is 2. The number of nitrogen functional groups attached to an aromatic ring is 1. The molecule has 1 unspecified atom stereocenters. The second kappa shape index (κ2) is 5.05. The van der Waals surface area contributed by atoms with Gasteiger partial charge in [0.25, 0.3) is 0 Å². The molecule has 0 aliphatic heterocycles. The molecule has 1 atom stereocenters. The first kappa shape index (κ1) is 14.0. The Morgan fingerprint density at radius 3 is 2.47 bits per heavy atom. The number of nitrogens with two attached hydrogens (primary N) is 1. The minimum Gasteiger partial charge on any atom is -0.381 e. The van der Waals surface area contributed by atoms with Crippen molar-refractivity contribution in [3.05, 3.63) is 6.20 Å². The highest BCUT2D eigenvalue weighted by atomic mass is 32.2. The van der Waals surface area contributed by atoms with E-state index >= 15 is 0 Å². The molecule has 1 heterocycles. The van der Waals surface area contributed by atoms with Crippen LogP contribution in [0.25, 0.3) is 0 Å². The van der Waals surface area contributed by atoms with E-state index < -0.39 is 10.0 Å². The Morgan fingerprint density at radius 1 is 1.47 bits per heavy atom. The van der Waals surface area contributed by atoms with E-state index in [0.29, 0.717) is 6.54 Å². The lowest BCUT2D eigenvalue weighted by Gasteiger charge is -2.16. The zero-order chi connectivity index (χ0) is 13.2. The molecule has 0 saturated heterocycles. The molecular weight excluding hydrogens is 240 g/mol. The number of rotatable bonds is 5. The molecule has 0 bridgehead atoms. The number of nitrogens with one attached hydrogen (secondary N) is 1. The van der Waals surface area contributed by atoms with Gasteiger partial charge in [0, 0.05) is 18.8 Å². The maximum absolute atomic E-state index is 12.1. The first-order valence-electron chi connectivity index (χ1n) is 5.63. The van der Waals surface area contributed by atoms with E-state index in [9.17, 15) is 8.42 Å². The van der Waals surface area contributed by atoms with Crippen LogP contribution in [0, 0.1) is 5.92 Å². The van der Waals surface area contributed by atoms with Crippen LogP contribution in [0.2, 0.25) is 0 Å². The van der Waals surface area contributed by atoms with Gasteiger partial charge in [-0.2, -0.15) is 5.10 Å². The highest BCUT2D eigenvalue weighted by molar-refractivity contribution is 7.89. The molecule has 0 spiro atoms. The van der Waals surface area contributed by atoms with Crippen LogP contribution in [0.15, 0.2) is 11.1 Å². The van der Waals surface area contributed by atoms with Gasteiger partial charge in [0.05, 0.1) is 0 Å². The lowest BCUT2D eigenvalue weighted by Crippen LogP contribution is -2.36. The van der Waals surface area contributed by atoms with Crippen LogP contribution in [0.5, 0.6) is 0 Å². The topological polar surface area (TPSA) is 90.0 Å². The largest absolute Gasteiger partial charge is 0.381 e. The van der Waals surface area contributed by atoms with Crippen LogP contribution in [-0.4, -0.2) is 24.2 Å². The van der Waals surface area contributed by atoms with E-state index in [1.165, 1.54) is 10.9 Å². The fourth-order valence-corrected chi connectivity index (χ4v) is 2.70. The summed E-state index contributed by atoms with van der Waals surface area (Å²) in [5.41, 5.74) is 5.60. The predicted octanol–water partition coefficient (Wildman–Crippen LogP) is 0.808. The van der Waals surface area contributed by atoms with Crippen molar-refractivity contribution in [1.82, 2.24) is 14.5 Å². The third-order valence-corrected chi connectivity index (χ3v) is 4.29. The van der Waals surface area contributed by atoms with Crippen LogP contribution >= 0.6 is 0 Å². The number of nitrogens with zero attached hydrogens (tertiary/aromatic N) is 2. The minimum absolute atomic E-state index is 0.0373. The molecular formula is C10H20N4O2S. The van der Waals surface area contributed by atoms with Crippen molar-refractivity contribution in [2.75, 3.05) is 5.73 Å². The van der Waals surface area contributed by atoms with Crippen molar-refractivity contribution >= 4 is 15.8 Å². The molecule has 0 amide bonds. The summed E-state index contributed by atoms with van der Waals surface area (Å²) in [6.07, 6.45) is 1.45. The summed E-state index contributed by atoms with van der Waals surface area (Å²) in [5, 5.41) is 3.92. The fourth-order valence-electron chi connectivity index (χ4n) is 1.23. The van der Waals surface area contributed by atoms with Crippen LogP contribution in [0.4, 0.5) is 5.82 Å². The highest BCUT2D eigenvalue weighted by Gasteiger charge is 2.23. The number of sulfonamides is 1. The van der Waals surface area contributed by atoms with Crippen LogP contribution in [0.3, 0.4) is 0 Å². The summed E-state index contributed by atoms with van der Waals surface area (Å²) in [4.78, 5) is 0.0480. The molecule has 1 aromatic rings. The molecule has 0 aromatic carbocycles. The molecule has 0 fully saturated rings. The molecule has 6 nitrogen and oxygen atoms in total. The smallest absolute Gasteiger partial charge is 0.246 e. The monoisotopic (exact) mass is 260 g/mol. The van der Waals surface area contributed by atoms with Gasteiger partial charge in [-0.3, -0.25) is 4.68 Å². The Kier molecular flexibility index (Phi) is 4.16. The van der Waals surface area contributed by atoms with E-state index in [0.717, 1.165) is 0 Å². The summed E-state index contributed by atoms with van der Waals surface area (Å²) in [7, 11) is -3.58. The summed E-state index contributed by atoms with van der Waals surface area (Å²) >= 11 is 0. The summed E-state index contributed by atoms with van der Waals surface area (Å²) in [6.45, 7) is 8.17. The van der Waals surface area contributed by atoms with Gasteiger partial charge in [-0.15, -0.1) is 0 Å². The van der Waals surface area contributed by atoms with Gasteiger partial charge in [0.1, 0.15) is 4.90 Å². The van der Waals surface area contributed by atoms with Gasteiger partial charge >= 0.3 is 0 Å². The van der Waals surface area contributed by atoms with Crippen molar-refractivity contribution in [2.24, 2.45) is 5.92 Å². The fraction of sp³-hybridized carbons (Fsp3) is 0.700. The number of hydrogen-bond donors (Lipinski definition) is 2. The second-order valence-corrected chi connectivity index (χ2v) is 6.07. The maximum Gasteiger partial charge on any atom is 0.246 e. The minimum atomic E-state index is -3.58. The molecule has 7 heteroatoms. The Morgan fingerprint density at radius 2 is 2.06 bits per heavy atom. The highest BCUT2D eigenvalue weighted by Crippen LogP contribution is 2.17. The first-order chi connectivity index (χ1) is 7.77. The first-order valence-corrected chi connectivity index (χ1v) is 7.11. The predicted molar refractivity (Wildman–Crippen MR) is 66.9 cm³/mol. The van der Waals surface area contributed by atoms with Crippen LogP contribution in [0.1, 0.15) is 27.7 Å².